The summed E-state index contributed by atoms with van der Waals surface area (Å²) in [4.78, 5) is 11.4. The smallest absolute Gasteiger partial charge is 0.224 e. The number of nitrogens with one attached hydrogen (secondary N) is 1. The van der Waals surface area contributed by atoms with Gasteiger partial charge in [0.2, 0.25) is 5.95 Å². The summed E-state index contributed by atoms with van der Waals surface area (Å²) in [5.41, 5.74) is 1.59. The number of aryl methyl sites for hydroxylation is 1. The molecule has 0 saturated carbocycles. The maximum absolute atomic E-state index is 4.68. The largest absolute Gasteiger partial charge is 0.356 e. The molecule has 0 atom stereocenters. The fourth-order valence-corrected chi connectivity index (χ4v) is 2.95. The normalized spacial score (nSPS) is 17.4. The molecule has 0 unspecified atom stereocenters. The summed E-state index contributed by atoms with van der Waals surface area (Å²) >= 11 is 0. The number of rotatable bonds is 3. The van der Waals surface area contributed by atoms with E-state index in [1.165, 1.54) is 18.4 Å². The lowest BCUT2D eigenvalue weighted by molar-refractivity contribution is 0.198. The minimum absolute atomic E-state index is 0.418. The lowest BCUT2D eigenvalue weighted by Crippen LogP contribution is -2.38. The Morgan fingerprint density at radius 2 is 1.95 bits per heavy atom. The van der Waals surface area contributed by atoms with Crippen molar-refractivity contribution in [1.82, 2.24) is 9.97 Å². The third-order valence-electron chi connectivity index (χ3n) is 4.30. The maximum Gasteiger partial charge on any atom is 0.224 e. The molecular formula is C16H28N4. The number of anilines is 2. The van der Waals surface area contributed by atoms with Gasteiger partial charge in [0.05, 0.1) is 0 Å². The highest BCUT2D eigenvalue weighted by molar-refractivity contribution is 5.49. The molecule has 1 saturated heterocycles. The average Bonchev–Trinajstić information content (AvgIpc) is 2.40. The van der Waals surface area contributed by atoms with Crippen molar-refractivity contribution in [3.05, 3.63) is 11.8 Å². The fraction of sp³-hybridized carbons (Fsp3) is 0.750. The molecule has 0 amide bonds. The lowest BCUT2D eigenvalue weighted by atomic mass is 9.75. The van der Waals surface area contributed by atoms with E-state index in [9.17, 15) is 0 Å². The molecule has 1 aromatic heterocycles. The highest BCUT2D eigenvalue weighted by Crippen LogP contribution is 2.35. The summed E-state index contributed by atoms with van der Waals surface area (Å²) in [7, 11) is 0. The number of aromatic nitrogens is 2. The van der Waals surface area contributed by atoms with Gasteiger partial charge in [-0.3, -0.25) is 0 Å². The molecule has 1 aliphatic heterocycles. The van der Waals surface area contributed by atoms with Crippen LogP contribution in [0.1, 0.15) is 46.1 Å². The second-order valence-electron chi connectivity index (χ2n) is 6.86. The Kier molecular flexibility index (Phi) is 4.51. The minimum Gasteiger partial charge on any atom is -0.356 e. The summed E-state index contributed by atoms with van der Waals surface area (Å²) < 4.78 is 0. The Bertz CT molecular complexity index is 442. The molecule has 0 aliphatic carbocycles. The molecule has 1 fully saturated rings. The number of hydrogen-bond acceptors (Lipinski definition) is 4. The van der Waals surface area contributed by atoms with Crippen LogP contribution in [0.25, 0.3) is 0 Å². The molecule has 0 bridgehead atoms. The molecule has 2 rings (SSSR count). The van der Waals surface area contributed by atoms with Crippen molar-refractivity contribution in [2.24, 2.45) is 11.3 Å². The van der Waals surface area contributed by atoms with Gasteiger partial charge in [0.15, 0.2) is 0 Å². The maximum atomic E-state index is 4.68. The van der Waals surface area contributed by atoms with Crippen molar-refractivity contribution in [3.63, 3.8) is 0 Å². The third kappa shape index (κ3) is 3.41. The second-order valence-corrected chi connectivity index (χ2v) is 6.86. The third-order valence-corrected chi connectivity index (χ3v) is 4.30. The first-order valence-corrected chi connectivity index (χ1v) is 7.74. The zero-order valence-corrected chi connectivity index (χ0v) is 13.5. The Hall–Kier alpha value is -1.32. The second kappa shape index (κ2) is 5.98. The van der Waals surface area contributed by atoms with Crippen molar-refractivity contribution < 1.29 is 0 Å². The molecule has 0 spiro atoms. The predicted octanol–water partition coefficient (Wildman–Crippen LogP) is 3.48. The van der Waals surface area contributed by atoms with E-state index < -0.39 is 0 Å². The first-order chi connectivity index (χ1) is 9.41. The molecular weight excluding hydrogens is 248 g/mol. The van der Waals surface area contributed by atoms with Crippen LogP contribution in [0, 0.1) is 18.3 Å². The van der Waals surface area contributed by atoms with E-state index in [1.807, 2.05) is 6.20 Å². The van der Waals surface area contributed by atoms with Crippen LogP contribution in [-0.4, -0.2) is 29.6 Å². The van der Waals surface area contributed by atoms with E-state index in [-0.39, 0.29) is 0 Å². The van der Waals surface area contributed by atoms with E-state index in [0.717, 1.165) is 37.3 Å². The van der Waals surface area contributed by atoms with Crippen molar-refractivity contribution in [3.8, 4) is 0 Å². The molecule has 4 heteroatoms. The highest BCUT2D eigenvalue weighted by atomic mass is 15.2. The van der Waals surface area contributed by atoms with Gasteiger partial charge in [-0.1, -0.05) is 20.8 Å². The number of nitrogens with zero attached hydrogens (tertiary/aromatic N) is 3. The van der Waals surface area contributed by atoms with Gasteiger partial charge in [0, 0.05) is 31.4 Å². The van der Waals surface area contributed by atoms with Crippen molar-refractivity contribution in [1.29, 1.82) is 0 Å². The zero-order valence-electron chi connectivity index (χ0n) is 13.5. The van der Waals surface area contributed by atoms with Gasteiger partial charge in [-0.25, -0.2) is 4.98 Å². The van der Waals surface area contributed by atoms with E-state index in [4.69, 9.17) is 0 Å². The van der Waals surface area contributed by atoms with Crippen LogP contribution in [0.4, 0.5) is 11.8 Å². The van der Waals surface area contributed by atoms with Crippen LogP contribution < -0.4 is 10.2 Å². The van der Waals surface area contributed by atoms with Crippen LogP contribution in [0.15, 0.2) is 6.20 Å². The van der Waals surface area contributed by atoms with E-state index in [1.54, 1.807) is 0 Å². The minimum atomic E-state index is 0.418. The van der Waals surface area contributed by atoms with Gasteiger partial charge < -0.3 is 10.2 Å². The van der Waals surface area contributed by atoms with Crippen molar-refractivity contribution >= 4 is 11.8 Å². The monoisotopic (exact) mass is 276 g/mol. The average molecular weight is 276 g/mol. The van der Waals surface area contributed by atoms with Gasteiger partial charge >= 0.3 is 0 Å². The van der Waals surface area contributed by atoms with E-state index >= 15 is 0 Å². The highest BCUT2D eigenvalue weighted by Gasteiger charge is 2.29. The van der Waals surface area contributed by atoms with Gasteiger partial charge in [0.25, 0.3) is 0 Å². The van der Waals surface area contributed by atoms with Crippen LogP contribution in [0.3, 0.4) is 0 Å². The topological polar surface area (TPSA) is 41.1 Å². The molecule has 1 N–H and O–H groups in total. The molecule has 0 radical (unpaired) electrons. The molecule has 1 aliphatic rings. The Morgan fingerprint density at radius 1 is 1.30 bits per heavy atom. The summed E-state index contributed by atoms with van der Waals surface area (Å²) in [6.45, 7) is 14.3. The molecule has 0 aromatic carbocycles. The Balaban J connectivity index is 2.08. The molecule has 1 aromatic rings. The van der Waals surface area contributed by atoms with Crippen molar-refractivity contribution in [2.75, 3.05) is 29.9 Å². The standard InChI is InChI=1S/C16H28N4/c1-6-17-15-18-11-12(2)14(19-15)20-9-7-13(8-10-20)16(3,4)5/h11,13H,6-10H2,1-5H3,(H,17,18,19). The number of hydrogen-bond donors (Lipinski definition) is 1. The fourth-order valence-electron chi connectivity index (χ4n) is 2.95. The van der Waals surface area contributed by atoms with Crippen LogP contribution in [0.2, 0.25) is 0 Å². The Labute approximate surface area is 123 Å². The zero-order chi connectivity index (χ0) is 14.8. The van der Waals surface area contributed by atoms with Gasteiger partial charge in [0.1, 0.15) is 5.82 Å². The predicted molar refractivity (Wildman–Crippen MR) is 85.3 cm³/mol. The summed E-state index contributed by atoms with van der Waals surface area (Å²) in [6, 6.07) is 0. The van der Waals surface area contributed by atoms with Crippen LogP contribution in [-0.2, 0) is 0 Å². The summed E-state index contributed by atoms with van der Waals surface area (Å²) in [5.74, 6) is 2.66. The Morgan fingerprint density at radius 3 is 2.50 bits per heavy atom. The van der Waals surface area contributed by atoms with E-state index in [0.29, 0.717) is 5.41 Å². The lowest BCUT2D eigenvalue weighted by Gasteiger charge is -2.39. The summed E-state index contributed by atoms with van der Waals surface area (Å²) in [5, 5.41) is 3.20. The quantitative estimate of drug-likeness (QED) is 0.917. The molecule has 4 nitrogen and oxygen atoms in total. The van der Waals surface area contributed by atoms with Gasteiger partial charge in [-0.15, -0.1) is 0 Å². The molecule has 112 valence electrons. The van der Waals surface area contributed by atoms with Crippen LogP contribution in [0.5, 0.6) is 0 Å². The summed E-state index contributed by atoms with van der Waals surface area (Å²) in [6.07, 6.45) is 4.43. The first kappa shape index (κ1) is 15.1. The molecule has 2 heterocycles. The number of piperidine rings is 1. The van der Waals surface area contributed by atoms with E-state index in [2.05, 4.69) is 54.8 Å². The first-order valence-electron chi connectivity index (χ1n) is 7.74. The van der Waals surface area contributed by atoms with Gasteiger partial charge in [-0.05, 0) is 38.0 Å². The van der Waals surface area contributed by atoms with Crippen LogP contribution >= 0.6 is 0 Å². The molecule has 20 heavy (non-hydrogen) atoms. The van der Waals surface area contributed by atoms with Crippen molar-refractivity contribution in [2.45, 2.75) is 47.5 Å². The SMILES string of the molecule is CCNc1ncc(C)c(N2CCC(C(C)(C)C)CC2)n1. The van der Waals surface area contributed by atoms with Gasteiger partial charge in [-0.2, -0.15) is 4.98 Å².